The SMILES string of the molecule is CCCCC12C=CC(O1)c1c(O)cc(C)cc12. The van der Waals surface area contributed by atoms with Gasteiger partial charge in [0.2, 0.25) is 0 Å². The van der Waals surface area contributed by atoms with E-state index in [1.54, 1.807) is 0 Å². The summed E-state index contributed by atoms with van der Waals surface area (Å²) >= 11 is 0. The van der Waals surface area contributed by atoms with E-state index in [0.29, 0.717) is 5.75 Å². The Kier molecular flexibility index (Phi) is 2.30. The quantitative estimate of drug-likeness (QED) is 0.802. The fourth-order valence-electron chi connectivity index (χ4n) is 3.00. The fourth-order valence-corrected chi connectivity index (χ4v) is 3.00. The van der Waals surface area contributed by atoms with Crippen molar-refractivity contribution in [2.45, 2.75) is 44.8 Å². The van der Waals surface area contributed by atoms with Crippen molar-refractivity contribution < 1.29 is 9.84 Å². The Balaban J connectivity index is 2.09. The number of unbranched alkanes of at least 4 members (excludes halogenated alkanes) is 1. The minimum Gasteiger partial charge on any atom is -0.508 e. The Morgan fingerprint density at radius 3 is 3.00 bits per heavy atom. The van der Waals surface area contributed by atoms with Crippen LogP contribution in [0.5, 0.6) is 5.75 Å². The summed E-state index contributed by atoms with van der Waals surface area (Å²) in [5, 5.41) is 10.1. The zero-order valence-electron chi connectivity index (χ0n) is 10.4. The summed E-state index contributed by atoms with van der Waals surface area (Å²) in [6.07, 6.45) is 7.53. The van der Waals surface area contributed by atoms with E-state index in [1.165, 1.54) is 5.56 Å². The third-order valence-electron chi connectivity index (χ3n) is 3.82. The van der Waals surface area contributed by atoms with Crippen LogP contribution in [0.4, 0.5) is 0 Å². The molecule has 0 saturated carbocycles. The first-order valence-electron chi connectivity index (χ1n) is 6.37. The summed E-state index contributed by atoms with van der Waals surface area (Å²) in [4.78, 5) is 0. The number of aromatic hydroxyl groups is 1. The van der Waals surface area contributed by atoms with E-state index in [4.69, 9.17) is 4.74 Å². The molecule has 1 aromatic carbocycles. The summed E-state index contributed by atoms with van der Waals surface area (Å²) < 4.78 is 6.10. The van der Waals surface area contributed by atoms with Crippen molar-refractivity contribution in [2.24, 2.45) is 0 Å². The second-order valence-electron chi connectivity index (χ2n) is 5.14. The van der Waals surface area contributed by atoms with Crippen LogP contribution in [-0.2, 0) is 10.3 Å². The average Bonchev–Trinajstić information content (AvgIpc) is 2.82. The number of phenols is 1. The molecule has 2 atom stereocenters. The van der Waals surface area contributed by atoms with E-state index in [1.807, 2.05) is 13.0 Å². The zero-order chi connectivity index (χ0) is 12.0. The van der Waals surface area contributed by atoms with E-state index in [9.17, 15) is 5.11 Å². The minimum absolute atomic E-state index is 0.0394. The molecule has 0 fully saturated rings. The average molecular weight is 230 g/mol. The second kappa shape index (κ2) is 3.61. The lowest BCUT2D eigenvalue weighted by atomic mass is 9.82. The highest BCUT2D eigenvalue weighted by atomic mass is 16.5. The van der Waals surface area contributed by atoms with Gasteiger partial charge in [-0.05, 0) is 36.6 Å². The summed E-state index contributed by atoms with van der Waals surface area (Å²) in [7, 11) is 0. The summed E-state index contributed by atoms with van der Waals surface area (Å²) in [5.74, 6) is 0.382. The Hall–Kier alpha value is -1.28. The Bertz CT molecular complexity index is 490. The lowest BCUT2D eigenvalue weighted by Crippen LogP contribution is -2.20. The molecule has 2 bridgehead atoms. The van der Waals surface area contributed by atoms with Gasteiger partial charge < -0.3 is 9.84 Å². The van der Waals surface area contributed by atoms with Crippen LogP contribution in [0.1, 0.15) is 49.0 Å². The van der Waals surface area contributed by atoms with Gasteiger partial charge in [-0.15, -0.1) is 0 Å². The predicted molar refractivity (Wildman–Crippen MR) is 67.0 cm³/mol. The molecule has 0 amide bonds. The molecular formula is C15H18O2. The van der Waals surface area contributed by atoms with E-state index in [0.717, 1.165) is 30.4 Å². The first-order chi connectivity index (χ1) is 8.16. The van der Waals surface area contributed by atoms with E-state index in [-0.39, 0.29) is 11.7 Å². The fraction of sp³-hybridized carbons (Fsp3) is 0.467. The van der Waals surface area contributed by atoms with Gasteiger partial charge in [0.05, 0.1) is 0 Å². The van der Waals surface area contributed by atoms with Gasteiger partial charge in [-0.1, -0.05) is 31.9 Å². The van der Waals surface area contributed by atoms with Gasteiger partial charge in [0.25, 0.3) is 0 Å². The van der Waals surface area contributed by atoms with Gasteiger partial charge >= 0.3 is 0 Å². The van der Waals surface area contributed by atoms with Crippen molar-refractivity contribution >= 4 is 0 Å². The number of hydrogen-bond donors (Lipinski definition) is 1. The normalized spacial score (nSPS) is 28.7. The molecule has 2 nitrogen and oxygen atoms in total. The van der Waals surface area contributed by atoms with Crippen molar-refractivity contribution in [3.05, 3.63) is 41.0 Å². The molecule has 0 aliphatic carbocycles. The summed E-state index contributed by atoms with van der Waals surface area (Å²) in [6.45, 7) is 4.21. The van der Waals surface area contributed by atoms with Crippen molar-refractivity contribution in [3.8, 4) is 5.75 Å². The summed E-state index contributed by atoms with van der Waals surface area (Å²) in [5.41, 5.74) is 2.99. The Morgan fingerprint density at radius 1 is 1.41 bits per heavy atom. The predicted octanol–water partition coefficient (Wildman–Crippen LogP) is 3.73. The molecule has 17 heavy (non-hydrogen) atoms. The maximum Gasteiger partial charge on any atom is 0.122 e. The third-order valence-corrected chi connectivity index (χ3v) is 3.82. The highest BCUT2D eigenvalue weighted by Crippen LogP contribution is 2.55. The smallest absolute Gasteiger partial charge is 0.122 e. The van der Waals surface area contributed by atoms with E-state index < -0.39 is 0 Å². The second-order valence-corrected chi connectivity index (χ2v) is 5.14. The van der Waals surface area contributed by atoms with Gasteiger partial charge in [-0.25, -0.2) is 0 Å². The van der Waals surface area contributed by atoms with Crippen LogP contribution in [0.3, 0.4) is 0 Å². The van der Waals surface area contributed by atoms with Gasteiger partial charge in [0.1, 0.15) is 17.5 Å². The standard InChI is InChI=1S/C15H18O2/c1-3-4-6-15-7-5-13(17-15)14-11(15)8-10(2)9-12(14)16/h5,7-9,13,16H,3-4,6H2,1-2H3. The first-order valence-corrected chi connectivity index (χ1v) is 6.37. The number of aryl methyl sites for hydroxylation is 1. The lowest BCUT2D eigenvalue weighted by molar-refractivity contribution is -0.0103. The maximum atomic E-state index is 10.1. The molecule has 2 heterocycles. The maximum absolute atomic E-state index is 10.1. The molecule has 3 rings (SSSR count). The van der Waals surface area contributed by atoms with Gasteiger partial charge in [-0.2, -0.15) is 0 Å². The third kappa shape index (κ3) is 1.44. The number of benzene rings is 1. The minimum atomic E-state index is -0.264. The van der Waals surface area contributed by atoms with Crippen LogP contribution < -0.4 is 0 Å². The molecule has 90 valence electrons. The van der Waals surface area contributed by atoms with Crippen LogP contribution in [0, 0.1) is 6.92 Å². The highest BCUT2D eigenvalue weighted by molar-refractivity contribution is 5.55. The summed E-state index contributed by atoms with van der Waals surface area (Å²) in [6, 6.07) is 3.98. The largest absolute Gasteiger partial charge is 0.508 e. The Labute approximate surface area is 102 Å². The van der Waals surface area contributed by atoms with Gasteiger partial charge in [0.15, 0.2) is 0 Å². The topological polar surface area (TPSA) is 29.5 Å². The molecule has 0 aromatic heterocycles. The number of phenolic OH excluding ortho intramolecular Hbond substituents is 1. The molecule has 2 unspecified atom stereocenters. The van der Waals surface area contributed by atoms with Crippen molar-refractivity contribution in [1.82, 2.24) is 0 Å². The number of fused-ring (bicyclic) bond motifs is 5. The monoisotopic (exact) mass is 230 g/mol. The van der Waals surface area contributed by atoms with Crippen LogP contribution >= 0.6 is 0 Å². The molecule has 2 aliphatic rings. The molecular weight excluding hydrogens is 212 g/mol. The van der Waals surface area contributed by atoms with Crippen molar-refractivity contribution in [2.75, 3.05) is 0 Å². The molecule has 2 heteroatoms. The number of rotatable bonds is 3. The van der Waals surface area contributed by atoms with Crippen LogP contribution in [-0.4, -0.2) is 5.11 Å². The number of hydrogen-bond acceptors (Lipinski definition) is 2. The molecule has 1 aromatic rings. The Morgan fingerprint density at radius 2 is 2.24 bits per heavy atom. The molecule has 1 N–H and O–H groups in total. The van der Waals surface area contributed by atoms with Gasteiger partial charge in [0, 0.05) is 5.56 Å². The number of ether oxygens (including phenoxy) is 1. The molecule has 0 saturated heterocycles. The van der Waals surface area contributed by atoms with E-state index >= 15 is 0 Å². The molecule has 2 aliphatic heterocycles. The van der Waals surface area contributed by atoms with Crippen LogP contribution in [0.2, 0.25) is 0 Å². The lowest BCUT2D eigenvalue weighted by Gasteiger charge is -2.24. The molecule has 0 spiro atoms. The highest BCUT2D eigenvalue weighted by Gasteiger charge is 2.47. The van der Waals surface area contributed by atoms with E-state index in [2.05, 4.69) is 25.1 Å². The van der Waals surface area contributed by atoms with Crippen molar-refractivity contribution in [1.29, 1.82) is 0 Å². The molecule has 0 radical (unpaired) electrons. The van der Waals surface area contributed by atoms with Crippen molar-refractivity contribution in [3.63, 3.8) is 0 Å². The first kappa shape index (κ1) is 10.8. The zero-order valence-corrected chi connectivity index (χ0v) is 10.4. The van der Waals surface area contributed by atoms with Crippen LogP contribution in [0.15, 0.2) is 24.3 Å². The van der Waals surface area contributed by atoms with Gasteiger partial charge in [-0.3, -0.25) is 0 Å². The van der Waals surface area contributed by atoms with Crippen LogP contribution in [0.25, 0.3) is 0 Å².